The van der Waals surface area contributed by atoms with E-state index in [1.807, 2.05) is 11.9 Å². The second kappa shape index (κ2) is 4.76. The third-order valence-electron chi connectivity index (χ3n) is 2.92. The number of aromatic nitrogens is 1. The number of halogens is 1. The number of nitrogens with zero attached hydrogens (tertiary/aromatic N) is 2. The van der Waals surface area contributed by atoms with Crippen LogP contribution in [0.1, 0.15) is 12.0 Å². The summed E-state index contributed by atoms with van der Waals surface area (Å²) in [4.78, 5) is 6.13. The van der Waals surface area contributed by atoms with E-state index in [-0.39, 0.29) is 12.4 Å². The van der Waals surface area contributed by atoms with E-state index in [0.717, 1.165) is 24.4 Å². The van der Waals surface area contributed by atoms with E-state index in [4.69, 9.17) is 10.5 Å². The lowest BCUT2D eigenvalue weighted by molar-refractivity contribution is 0.193. The van der Waals surface area contributed by atoms with Crippen LogP contribution >= 0.6 is 0 Å². The minimum atomic E-state index is -0.347. The maximum atomic E-state index is 13.0. The van der Waals surface area contributed by atoms with Crippen LogP contribution in [0.4, 0.5) is 10.2 Å². The second-order valence-electron chi connectivity index (χ2n) is 3.97. The lowest BCUT2D eigenvalue weighted by Crippen LogP contribution is -2.33. The quantitative estimate of drug-likeness (QED) is 0.830. The molecule has 1 aliphatic heterocycles. The van der Waals surface area contributed by atoms with Crippen LogP contribution in [0.25, 0.3) is 0 Å². The average Bonchev–Trinajstić information content (AvgIpc) is 2.81. The van der Waals surface area contributed by atoms with Gasteiger partial charge in [0.25, 0.3) is 0 Å². The first-order valence-corrected chi connectivity index (χ1v) is 5.37. The summed E-state index contributed by atoms with van der Waals surface area (Å²) in [5.41, 5.74) is 6.32. The van der Waals surface area contributed by atoms with E-state index < -0.39 is 0 Å². The number of anilines is 1. The third-order valence-corrected chi connectivity index (χ3v) is 2.92. The molecule has 1 saturated heterocycles. The summed E-state index contributed by atoms with van der Waals surface area (Å²) in [5.74, 6) is 0.402. The van der Waals surface area contributed by atoms with Crippen molar-refractivity contribution in [1.29, 1.82) is 0 Å². The van der Waals surface area contributed by atoms with Gasteiger partial charge in [0.1, 0.15) is 11.6 Å². The van der Waals surface area contributed by atoms with Gasteiger partial charge in [0.15, 0.2) is 0 Å². The van der Waals surface area contributed by atoms with Crippen LogP contribution in [-0.4, -0.2) is 31.3 Å². The second-order valence-corrected chi connectivity index (χ2v) is 3.97. The fourth-order valence-corrected chi connectivity index (χ4v) is 1.94. The van der Waals surface area contributed by atoms with Crippen LogP contribution < -0.4 is 10.6 Å². The minimum absolute atomic E-state index is 0.290. The smallest absolute Gasteiger partial charge is 0.141 e. The maximum absolute atomic E-state index is 13.0. The van der Waals surface area contributed by atoms with Crippen LogP contribution in [0.15, 0.2) is 12.3 Å². The normalized spacial score (nSPS) is 20.1. The molecule has 1 aromatic rings. The zero-order chi connectivity index (χ0) is 11.5. The Kier molecular flexibility index (Phi) is 3.36. The Morgan fingerprint density at radius 3 is 3.12 bits per heavy atom. The monoisotopic (exact) mass is 225 g/mol. The van der Waals surface area contributed by atoms with Crippen molar-refractivity contribution in [2.75, 3.05) is 25.2 Å². The third kappa shape index (κ3) is 2.15. The average molecular weight is 225 g/mol. The topological polar surface area (TPSA) is 51.4 Å². The summed E-state index contributed by atoms with van der Waals surface area (Å²) in [6.07, 6.45) is 2.19. The maximum Gasteiger partial charge on any atom is 0.141 e. The molecular formula is C11H16FN3O. The SMILES string of the molecule is CN(c1ncc(F)cc1CN)C1CCOC1. The number of nitrogens with two attached hydrogens (primary N) is 1. The lowest BCUT2D eigenvalue weighted by atomic mass is 10.2. The first-order valence-electron chi connectivity index (χ1n) is 5.37. The van der Waals surface area contributed by atoms with Crippen LogP contribution in [0.2, 0.25) is 0 Å². The number of ether oxygens (including phenoxy) is 1. The first-order chi connectivity index (χ1) is 7.72. The highest BCUT2D eigenvalue weighted by atomic mass is 19.1. The van der Waals surface area contributed by atoms with Crippen LogP contribution in [0, 0.1) is 5.82 Å². The summed E-state index contributed by atoms with van der Waals surface area (Å²) in [6.45, 7) is 1.76. The molecule has 2 rings (SSSR count). The molecule has 5 heteroatoms. The van der Waals surface area contributed by atoms with Gasteiger partial charge in [-0.2, -0.15) is 0 Å². The molecule has 0 aliphatic carbocycles. The van der Waals surface area contributed by atoms with Crippen molar-refractivity contribution >= 4 is 5.82 Å². The molecule has 1 aromatic heterocycles. The molecule has 1 aliphatic rings. The van der Waals surface area contributed by atoms with Gasteiger partial charge in [0.05, 0.1) is 18.8 Å². The summed E-state index contributed by atoms with van der Waals surface area (Å²) in [6, 6.07) is 1.75. The molecular weight excluding hydrogens is 209 g/mol. The molecule has 2 heterocycles. The lowest BCUT2D eigenvalue weighted by Gasteiger charge is -2.26. The molecule has 16 heavy (non-hydrogen) atoms. The molecule has 1 fully saturated rings. The van der Waals surface area contributed by atoms with Crippen molar-refractivity contribution in [3.63, 3.8) is 0 Å². The zero-order valence-electron chi connectivity index (χ0n) is 9.32. The van der Waals surface area contributed by atoms with E-state index in [2.05, 4.69) is 4.98 Å². The Hall–Kier alpha value is -1.20. The van der Waals surface area contributed by atoms with Gasteiger partial charge in [-0.05, 0) is 12.5 Å². The molecule has 0 aromatic carbocycles. The van der Waals surface area contributed by atoms with E-state index in [0.29, 0.717) is 12.6 Å². The van der Waals surface area contributed by atoms with Gasteiger partial charge in [-0.3, -0.25) is 0 Å². The fraction of sp³-hybridized carbons (Fsp3) is 0.545. The van der Waals surface area contributed by atoms with Crippen molar-refractivity contribution in [2.24, 2.45) is 5.73 Å². The summed E-state index contributed by atoms with van der Waals surface area (Å²) in [7, 11) is 1.94. The largest absolute Gasteiger partial charge is 0.379 e. The van der Waals surface area contributed by atoms with Gasteiger partial charge < -0.3 is 15.4 Å². The Morgan fingerprint density at radius 2 is 2.50 bits per heavy atom. The molecule has 4 nitrogen and oxygen atoms in total. The highest BCUT2D eigenvalue weighted by molar-refractivity contribution is 5.47. The molecule has 0 amide bonds. The van der Waals surface area contributed by atoms with Gasteiger partial charge >= 0.3 is 0 Å². The molecule has 0 radical (unpaired) electrons. The van der Waals surface area contributed by atoms with E-state index >= 15 is 0 Å². The van der Waals surface area contributed by atoms with Crippen molar-refractivity contribution in [3.8, 4) is 0 Å². The van der Waals surface area contributed by atoms with Crippen molar-refractivity contribution in [1.82, 2.24) is 4.98 Å². The van der Waals surface area contributed by atoms with Gasteiger partial charge in [-0.25, -0.2) is 9.37 Å². The summed E-state index contributed by atoms with van der Waals surface area (Å²) in [5, 5.41) is 0. The number of hydrogen-bond acceptors (Lipinski definition) is 4. The molecule has 88 valence electrons. The number of rotatable bonds is 3. The number of hydrogen-bond donors (Lipinski definition) is 1. The Balaban J connectivity index is 2.24. The molecule has 2 N–H and O–H groups in total. The van der Waals surface area contributed by atoms with Crippen LogP contribution in [-0.2, 0) is 11.3 Å². The van der Waals surface area contributed by atoms with Crippen molar-refractivity contribution < 1.29 is 9.13 Å². The molecule has 0 saturated carbocycles. The van der Waals surface area contributed by atoms with Gasteiger partial charge in [0, 0.05) is 25.8 Å². The first kappa shape index (κ1) is 11.3. The Labute approximate surface area is 94.2 Å². The fourth-order valence-electron chi connectivity index (χ4n) is 1.94. The van der Waals surface area contributed by atoms with Crippen molar-refractivity contribution in [3.05, 3.63) is 23.6 Å². The van der Waals surface area contributed by atoms with Gasteiger partial charge in [0.2, 0.25) is 0 Å². The Morgan fingerprint density at radius 1 is 1.69 bits per heavy atom. The molecule has 1 atom stereocenters. The minimum Gasteiger partial charge on any atom is -0.379 e. The summed E-state index contributed by atoms with van der Waals surface area (Å²) >= 11 is 0. The predicted molar refractivity (Wildman–Crippen MR) is 59.7 cm³/mol. The number of pyridine rings is 1. The number of likely N-dealkylation sites (N-methyl/N-ethyl adjacent to an activating group) is 1. The van der Waals surface area contributed by atoms with Gasteiger partial charge in [-0.15, -0.1) is 0 Å². The van der Waals surface area contributed by atoms with E-state index in [9.17, 15) is 4.39 Å². The van der Waals surface area contributed by atoms with Gasteiger partial charge in [-0.1, -0.05) is 0 Å². The van der Waals surface area contributed by atoms with E-state index in [1.54, 1.807) is 0 Å². The highest BCUT2D eigenvalue weighted by Crippen LogP contribution is 2.22. The Bertz CT molecular complexity index is 366. The van der Waals surface area contributed by atoms with Crippen LogP contribution in [0.5, 0.6) is 0 Å². The van der Waals surface area contributed by atoms with Crippen LogP contribution in [0.3, 0.4) is 0 Å². The predicted octanol–water partition coefficient (Wildman–Crippen LogP) is 0.905. The highest BCUT2D eigenvalue weighted by Gasteiger charge is 2.22. The molecule has 1 unspecified atom stereocenters. The summed E-state index contributed by atoms with van der Waals surface area (Å²) < 4.78 is 18.3. The standard InChI is InChI=1S/C11H16FN3O/c1-15(10-2-3-16-7-10)11-8(5-13)4-9(12)6-14-11/h4,6,10H,2-3,5,7,13H2,1H3. The molecule has 0 bridgehead atoms. The zero-order valence-corrected chi connectivity index (χ0v) is 9.32. The molecule has 0 spiro atoms. The van der Waals surface area contributed by atoms with E-state index in [1.165, 1.54) is 12.3 Å². The van der Waals surface area contributed by atoms with Crippen molar-refractivity contribution in [2.45, 2.75) is 19.0 Å².